The SMILES string of the molecule is O=C(NC[C@@H]1CCCO1)c1ccc(SSc2ccc(C(=O)NC[C@@H]3CCCO3)c3cccnc23)c2ncccc12. The van der Waals surface area contributed by atoms with Crippen molar-refractivity contribution in [2.24, 2.45) is 0 Å². The van der Waals surface area contributed by atoms with E-state index in [9.17, 15) is 9.59 Å². The van der Waals surface area contributed by atoms with Crippen molar-refractivity contribution in [3.8, 4) is 0 Å². The minimum Gasteiger partial charge on any atom is -0.376 e. The van der Waals surface area contributed by atoms with Gasteiger partial charge in [0.1, 0.15) is 0 Å². The van der Waals surface area contributed by atoms with Gasteiger partial charge >= 0.3 is 0 Å². The molecule has 2 fully saturated rings. The molecule has 206 valence electrons. The Hall–Kier alpha value is -3.18. The number of nitrogens with one attached hydrogen (secondary N) is 2. The highest BCUT2D eigenvalue weighted by molar-refractivity contribution is 8.76. The van der Waals surface area contributed by atoms with Crippen LogP contribution < -0.4 is 10.6 Å². The van der Waals surface area contributed by atoms with Crippen LogP contribution in [-0.4, -0.2) is 60.3 Å². The first-order chi connectivity index (χ1) is 19.7. The first-order valence-electron chi connectivity index (χ1n) is 13.6. The minimum atomic E-state index is -0.124. The number of aromatic nitrogens is 2. The summed E-state index contributed by atoms with van der Waals surface area (Å²) in [7, 11) is 3.12. The zero-order chi connectivity index (χ0) is 27.3. The van der Waals surface area contributed by atoms with Crippen LogP contribution in [-0.2, 0) is 9.47 Å². The predicted molar refractivity (Wildman–Crippen MR) is 158 cm³/mol. The molecular formula is C30H30N4O4S2. The third-order valence-electron chi connectivity index (χ3n) is 7.20. The first kappa shape index (κ1) is 27.0. The second-order valence-electron chi connectivity index (χ2n) is 9.88. The van der Waals surface area contributed by atoms with Gasteiger partial charge in [0.05, 0.1) is 23.2 Å². The maximum absolute atomic E-state index is 13.0. The Kier molecular flexibility index (Phi) is 8.48. The summed E-state index contributed by atoms with van der Waals surface area (Å²) >= 11 is 0. The molecule has 0 saturated carbocycles. The minimum absolute atomic E-state index is 0.0850. The zero-order valence-corrected chi connectivity index (χ0v) is 23.6. The number of amides is 2. The van der Waals surface area contributed by atoms with Gasteiger partial charge in [-0.1, -0.05) is 33.7 Å². The number of benzene rings is 2. The third kappa shape index (κ3) is 5.95. The summed E-state index contributed by atoms with van der Waals surface area (Å²) in [4.78, 5) is 37.1. The van der Waals surface area contributed by atoms with Crippen LogP contribution in [0.5, 0.6) is 0 Å². The Morgan fingerprint density at radius 2 is 1.20 bits per heavy atom. The number of carbonyl (C=O) groups excluding carboxylic acids is 2. The van der Waals surface area contributed by atoms with E-state index in [2.05, 4.69) is 20.6 Å². The van der Waals surface area contributed by atoms with Crippen molar-refractivity contribution in [1.29, 1.82) is 0 Å². The lowest BCUT2D eigenvalue weighted by Gasteiger charge is -2.14. The van der Waals surface area contributed by atoms with Crippen LogP contribution in [0.3, 0.4) is 0 Å². The normalized spacial score (nSPS) is 18.8. The van der Waals surface area contributed by atoms with Gasteiger partial charge in [-0.2, -0.15) is 0 Å². The molecule has 2 saturated heterocycles. The standard InChI is InChI=1S/C30H30N4O4S2/c35-29(33-17-19-5-3-15-37-19)23-9-11-25(27-21(23)7-1-13-31-27)39-40-26-12-10-24(22-8-2-14-32-28(22)26)30(36)34-18-20-6-4-16-38-20/h1-2,7-14,19-20H,3-6,15-18H2,(H,33,35)(H,34,36)/t19-,20-/m0/s1. The van der Waals surface area contributed by atoms with Crippen molar-refractivity contribution >= 4 is 55.2 Å². The van der Waals surface area contributed by atoms with E-state index in [1.807, 2.05) is 48.5 Å². The van der Waals surface area contributed by atoms with E-state index < -0.39 is 0 Å². The van der Waals surface area contributed by atoms with Gasteiger partial charge in [0.2, 0.25) is 0 Å². The van der Waals surface area contributed by atoms with Gasteiger partial charge in [0, 0.05) is 70.4 Å². The molecule has 2 aromatic carbocycles. The number of pyridine rings is 2. The van der Waals surface area contributed by atoms with Crippen LogP contribution in [0, 0.1) is 0 Å². The summed E-state index contributed by atoms with van der Waals surface area (Å²) in [6, 6.07) is 15.2. The second kappa shape index (κ2) is 12.6. The van der Waals surface area contributed by atoms with Crippen LogP contribution >= 0.6 is 21.6 Å². The van der Waals surface area contributed by atoms with E-state index in [0.29, 0.717) is 24.2 Å². The van der Waals surface area contributed by atoms with Gasteiger partial charge in [-0.3, -0.25) is 19.6 Å². The molecule has 8 nitrogen and oxygen atoms in total. The van der Waals surface area contributed by atoms with Gasteiger partial charge < -0.3 is 20.1 Å². The second-order valence-corrected chi connectivity index (χ2v) is 12.1. The van der Waals surface area contributed by atoms with Crippen LogP contribution in [0.25, 0.3) is 21.8 Å². The van der Waals surface area contributed by atoms with Gasteiger partial charge in [-0.15, -0.1) is 0 Å². The molecule has 2 amide bonds. The Balaban J connectivity index is 1.19. The molecule has 2 aliphatic heterocycles. The topological polar surface area (TPSA) is 102 Å². The van der Waals surface area contributed by atoms with Crippen molar-refractivity contribution in [2.45, 2.75) is 47.7 Å². The quantitative estimate of drug-likeness (QED) is 0.256. The van der Waals surface area contributed by atoms with Crippen LogP contribution in [0.15, 0.2) is 70.7 Å². The fourth-order valence-electron chi connectivity index (χ4n) is 5.13. The van der Waals surface area contributed by atoms with Crippen LogP contribution in [0.2, 0.25) is 0 Å². The Morgan fingerprint density at radius 1 is 0.725 bits per heavy atom. The fourth-order valence-corrected chi connectivity index (χ4v) is 7.38. The summed E-state index contributed by atoms with van der Waals surface area (Å²) < 4.78 is 11.3. The highest BCUT2D eigenvalue weighted by atomic mass is 33.1. The molecule has 40 heavy (non-hydrogen) atoms. The van der Waals surface area contributed by atoms with E-state index >= 15 is 0 Å². The molecule has 0 bridgehead atoms. The van der Waals surface area contributed by atoms with Crippen LogP contribution in [0.4, 0.5) is 0 Å². The summed E-state index contributed by atoms with van der Waals surface area (Å²) in [6.07, 6.45) is 7.67. The number of fused-ring (bicyclic) bond motifs is 2. The van der Waals surface area contributed by atoms with Crippen molar-refractivity contribution in [1.82, 2.24) is 20.6 Å². The molecule has 4 aromatic rings. The monoisotopic (exact) mass is 574 g/mol. The molecule has 0 aliphatic carbocycles. The summed E-state index contributed by atoms with van der Waals surface area (Å²) in [5.41, 5.74) is 2.74. The maximum Gasteiger partial charge on any atom is 0.252 e. The number of nitrogens with zero attached hydrogens (tertiary/aromatic N) is 2. The molecule has 2 atom stereocenters. The lowest BCUT2D eigenvalue weighted by molar-refractivity contribution is 0.0855. The van der Waals surface area contributed by atoms with Crippen molar-refractivity contribution in [3.05, 3.63) is 72.1 Å². The average molecular weight is 575 g/mol. The number of hydrogen-bond donors (Lipinski definition) is 2. The Labute approximate surface area is 240 Å². The highest BCUT2D eigenvalue weighted by Crippen LogP contribution is 2.43. The molecular weight excluding hydrogens is 544 g/mol. The van der Waals surface area contributed by atoms with Crippen molar-refractivity contribution < 1.29 is 19.1 Å². The van der Waals surface area contributed by atoms with Crippen LogP contribution in [0.1, 0.15) is 46.4 Å². The molecule has 2 N–H and O–H groups in total. The highest BCUT2D eigenvalue weighted by Gasteiger charge is 2.21. The predicted octanol–water partition coefficient (Wildman–Crippen LogP) is 5.40. The first-order valence-corrected chi connectivity index (χ1v) is 15.7. The van der Waals surface area contributed by atoms with E-state index in [1.165, 1.54) is 0 Å². The number of carbonyl (C=O) groups is 2. The van der Waals surface area contributed by atoms with E-state index in [1.54, 1.807) is 34.0 Å². The summed E-state index contributed by atoms with van der Waals surface area (Å²) in [6.45, 7) is 2.53. The van der Waals surface area contributed by atoms with E-state index in [4.69, 9.17) is 9.47 Å². The smallest absolute Gasteiger partial charge is 0.252 e. The number of hydrogen-bond acceptors (Lipinski definition) is 8. The maximum atomic E-state index is 13.0. The molecule has 2 aromatic heterocycles. The molecule has 2 aliphatic rings. The van der Waals surface area contributed by atoms with Crippen molar-refractivity contribution in [2.75, 3.05) is 26.3 Å². The Morgan fingerprint density at radius 3 is 1.62 bits per heavy atom. The zero-order valence-electron chi connectivity index (χ0n) is 21.9. The summed E-state index contributed by atoms with van der Waals surface area (Å²) in [5.74, 6) is -0.248. The lowest BCUT2D eigenvalue weighted by atomic mass is 10.1. The Bertz CT molecular complexity index is 1420. The number of rotatable bonds is 9. The largest absolute Gasteiger partial charge is 0.376 e. The molecule has 0 unspecified atom stereocenters. The molecule has 4 heterocycles. The molecule has 0 radical (unpaired) electrons. The third-order valence-corrected chi connectivity index (χ3v) is 9.63. The molecule has 0 spiro atoms. The lowest BCUT2D eigenvalue weighted by Crippen LogP contribution is -2.31. The molecule has 10 heteroatoms. The number of ether oxygens (including phenoxy) is 2. The van der Waals surface area contributed by atoms with Crippen molar-refractivity contribution in [3.63, 3.8) is 0 Å². The fraction of sp³-hybridized carbons (Fsp3) is 0.333. The van der Waals surface area contributed by atoms with E-state index in [-0.39, 0.29) is 24.0 Å². The van der Waals surface area contributed by atoms with E-state index in [0.717, 1.165) is 70.5 Å². The van der Waals surface area contributed by atoms with Gasteiger partial charge in [0.15, 0.2) is 0 Å². The summed E-state index contributed by atoms with van der Waals surface area (Å²) in [5, 5.41) is 7.65. The van der Waals surface area contributed by atoms with Gasteiger partial charge in [0.25, 0.3) is 11.8 Å². The average Bonchev–Trinajstić information content (AvgIpc) is 3.72. The molecule has 6 rings (SSSR count). The van der Waals surface area contributed by atoms with Gasteiger partial charge in [-0.25, -0.2) is 0 Å². The van der Waals surface area contributed by atoms with Gasteiger partial charge in [-0.05, 0) is 62.1 Å².